The van der Waals surface area contributed by atoms with Crippen LogP contribution in [0.2, 0.25) is 0 Å². The zero-order valence-corrected chi connectivity index (χ0v) is 11.8. The SMILES string of the molecule is Cn1ccnc1CNS(=O)(=O)N1CCCCC1CO. The Labute approximate surface area is 113 Å². The van der Waals surface area contributed by atoms with E-state index in [2.05, 4.69) is 9.71 Å². The maximum Gasteiger partial charge on any atom is 0.280 e. The summed E-state index contributed by atoms with van der Waals surface area (Å²) < 4.78 is 30.1. The maximum atomic E-state index is 12.2. The van der Waals surface area contributed by atoms with E-state index < -0.39 is 10.2 Å². The Balaban J connectivity index is 2.03. The Hall–Kier alpha value is -0.960. The second-order valence-corrected chi connectivity index (χ2v) is 6.43. The predicted octanol–water partition coefficient (Wildman–Crippen LogP) is -0.399. The molecule has 2 N–H and O–H groups in total. The number of nitrogens with zero attached hydrogens (tertiary/aromatic N) is 3. The first kappa shape index (κ1) is 14.4. The lowest BCUT2D eigenvalue weighted by atomic mass is 10.1. The summed E-state index contributed by atoms with van der Waals surface area (Å²) >= 11 is 0. The van der Waals surface area contributed by atoms with Gasteiger partial charge in [-0.3, -0.25) is 0 Å². The molecule has 0 aromatic carbocycles. The molecule has 108 valence electrons. The second-order valence-electron chi connectivity index (χ2n) is 4.72. The molecule has 1 unspecified atom stereocenters. The van der Waals surface area contributed by atoms with Crippen LogP contribution in [-0.2, 0) is 23.8 Å². The van der Waals surface area contributed by atoms with Crippen molar-refractivity contribution in [3.63, 3.8) is 0 Å². The molecule has 2 rings (SSSR count). The van der Waals surface area contributed by atoms with E-state index in [4.69, 9.17) is 0 Å². The van der Waals surface area contributed by atoms with Gasteiger partial charge in [-0.1, -0.05) is 6.42 Å². The van der Waals surface area contributed by atoms with Crippen molar-refractivity contribution in [2.24, 2.45) is 7.05 Å². The minimum Gasteiger partial charge on any atom is -0.395 e. The van der Waals surface area contributed by atoms with E-state index in [1.165, 1.54) is 4.31 Å². The fourth-order valence-corrected chi connectivity index (χ4v) is 3.69. The zero-order chi connectivity index (χ0) is 13.9. The summed E-state index contributed by atoms with van der Waals surface area (Å²) in [4.78, 5) is 4.07. The molecule has 1 atom stereocenters. The molecule has 8 heteroatoms. The Morgan fingerprint density at radius 1 is 1.53 bits per heavy atom. The van der Waals surface area contributed by atoms with Crippen molar-refractivity contribution in [1.29, 1.82) is 0 Å². The highest BCUT2D eigenvalue weighted by Gasteiger charge is 2.31. The summed E-state index contributed by atoms with van der Waals surface area (Å²) in [5.41, 5.74) is 0. The maximum absolute atomic E-state index is 12.2. The van der Waals surface area contributed by atoms with Crippen LogP contribution in [0.25, 0.3) is 0 Å². The van der Waals surface area contributed by atoms with Crippen LogP contribution in [0.4, 0.5) is 0 Å². The van der Waals surface area contributed by atoms with Crippen LogP contribution < -0.4 is 4.72 Å². The Morgan fingerprint density at radius 3 is 2.95 bits per heavy atom. The van der Waals surface area contributed by atoms with E-state index >= 15 is 0 Å². The summed E-state index contributed by atoms with van der Waals surface area (Å²) in [7, 11) is -1.75. The quantitative estimate of drug-likeness (QED) is 0.772. The molecule has 0 radical (unpaired) electrons. The smallest absolute Gasteiger partial charge is 0.280 e. The number of imidazole rings is 1. The van der Waals surface area contributed by atoms with Crippen molar-refractivity contribution in [2.75, 3.05) is 13.2 Å². The van der Waals surface area contributed by atoms with E-state index in [1.54, 1.807) is 17.0 Å². The predicted molar refractivity (Wildman–Crippen MR) is 70.4 cm³/mol. The molecular formula is C11H20N4O3S. The minimum absolute atomic E-state index is 0.136. The number of aryl methyl sites for hydroxylation is 1. The van der Waals surface area contributed by atoms with Gasteiger partial charge in [-0.2, -0.15) is 17.4 Å². The molecule has 2 heterocycles. The molecule has 19 heavy (non-hydrogen) atoms. The highest BCUT2D eigenvalue weighted by Crippen LogP contribution is 2.19. The first-order valence-electron chi connectivity index (χ1n) is 6.38. The monoisotopic (exact) mass is 288 g/mol. The third kappa shape index (κ3) is 3.33. The van der Waals surface area contributed by atoms with Gasteiger partial charge in [0, 0.05) is 32.0 Å². The molecular weight excluding hydrogens is 268 g/mol. The van der Waals surface area contributed by atoms with E-state index in [0.717, 1.165) is 12.8 Å². The summed E-state index contributed by atoms with van der Waals surface area (Å²) in [6.07, 6.45) is 5.89. The molecule has 0 bridgehead atoms. The van der Waals surface area contributed by atoms with Crippen molar-refractivity contribution >= 4 is 10.2 Å². The molecule has 1 aliphatic rings. The largest absolute Gasteiger partial charge is 0.395 e. The zero-order valence-electron chi connectivity index (χ0n) is 11.0. The summed E-state index contributed by atoms with van der Waals surface area (Å²) in [5, 5.41) is 9.27. The standard InChI is InChI=1S/C11H20N4O3S/c1-14-7-5-12-11(14)8-13-19(17,18)15-6-3-2-4-10(15)9-16/h5,7,10,13,16H,2-4,6,8-9H2,1H3. The van der Waals surface area contributed by atoms with Crippen LogP contribution in [0.1, 0.15) is 25.1 Å². The third-order valence-corrected chi connectivity index (χ3v) is 5.03. The second kappa shape index (κ2) is 6.00. The van der Waals surface area contributed by atoms with E-state index in [1.807, 2.05) is 7.05 Å². The minimum atomic E-state index is -3.57. The number of piperidine rings is 1. The summed E-state index contributed by atoms with van der Waals surface area (Å²) in [6, 6.07) is -0.312. The Kier molecular flexibility index (Phi) is 4.56. The molecule has 1 aliphatic heterocycles. The van der Waals surface area contributed by atoms with Gasteiger partial charge in [-0.25, -0.2) is 4.98 Å². The van der Waals surface area contributed by atoms with Crippen LogP contribution in [0.15, 0.2) is 12.4 Å². The fourth-order valence-electron chi connectivity index (χ4n) is 2.28. The molecule has 1 aromatic rings. The number of aliphatic hydroxyl groups is 1. The number of nitrogens with one attached hydrogen (secondary N) is 1. The average molecular weight is 288 g/mol. The summed E-state index contributed by atoms with van der Waals surface area (Å²) in [6.45, 7) is 0.477. The van der Waals surface area contributed by atoms with Gasteiger partial charge < -0.3 is 9.67 Å². The lowest BCUT2D eigenvalue weighted by Gasteiger charge is -2.33. The number of rotatable bonds is 5. The lowest BCUT2D eigenvalue weighted by molar-refractivity contribution is 0.154. The normalized spacial score (nSPS) is 21.7. The van der Waals surface area contributed by atoms with Crippen LogP contribution in [-0.4, -0.2) is 46.6 Å². The highest BCUT2D eigenvalue weighted by atomic mass is 32.2. The number of aliphatic hydroxyl groups excluding tert-OH is 1. The van der Waals surface area contributed by atoms with Crippen molar-refractivity contribution in [3.8, 4) is 0 Å². The van der Waals surface area contributed by atoms with Crippen LogP contribution >= 0.6 is 0 Å². The van der Waals surface area contributed by atoms with Gasteiger partial charge in [-0.05, 0) is 12.8 Å². The highest BCUT2D eigenvalue weighted by molar-refractivity contribution is 7.87. The van der Waals surface area contributed by atoms with Gasteiger partial charge in [-0.15, -0.1) is 0 Å². The van der Waals surface area contributed by atoms with Gasteiger partial charge in [0.1, 0.15) is 5.82 Å². The van der Waals surface area contributed by atoms with Crippen molar-refractivity contribution in [1.82, 2.24) is 18.6 Å². The van der Waals surface area contributed by atoms with Crippen molar-refractivity contribution < 1.29 is 13.5 Å². The van der Waals surface area contributed by atoms with E-state index in [9.17, 15) is 13.5 Å². The number of hydrogen-bond donors (Lipinski definition) is 2. The van der Waals surface area contributed by atoms with Crippen LogP contribution in [0.3, 0.4) is 0 Å². The molecule has 1 fully saturated rings. The molecule has 1 saturated heterocycles. The fraction of sp³-hybridized carbons (Fsp3) is 0.727. The summed E-state index contributed by atoms with van der Waals surface area (Å²) in [5.74, 6) is 0.654. The van der Waals surface area contributed by atoms with Crippen LogP contribution in [0.5, 0.6) is 0 Å². The molecule has 0 spiro atoms. The number of aromatic nitrogens is 2. The van der Waals surface area contributed by atoms with E-state index in [0.29, 0.717) is 18.8 Å². The Morgan fingerprint density at radius 2 is 2.32 bits per heavy atom. The molecule has 0 amide bonds. The Bertz CT molecular complexity index is 514. The molecule has 1 aromatic heterocycles. The average Bonchev–Trinajstić information content (AvgIpc) is 2.82. The van der Waals surface area contributed by atoms with Gasteiger partial charge in [0.05, 0.1) is 13.2 Å². The van der Waals surface area contributed by atoms with Crippen molar-refractivity contribution in [2.45, 2.75) is 31.8 Å². The first-order valence-corrected chi connectivity index (χ1v) is 7.82. The van der Waals surface area contributed by atoms with E-state index in [-0.39, 0.29) is 19.2 Å². The third-order valence-electron chi connectivity index (χ3n) is 3.43. The molecule has 0 aliphatic carbocycles. The van der Waals surface area contributed by atoms with Crippen LogP contribution in [0, 0.1) is 0 Å². The van der Waals surface area contributed by atoms with Gasteiger partial charge in [0.25, 0.3) is 10.2 Å². The molecule has 7 nitrogen and oxygen atoms in total. The van der Waals surface area contributed by atoms with Gasteiger partial charge in [0.2, 0.25) is 0 Å². The first-order chi connectivity index (χ1) is 9.04. The molecule has 0 saturated carbocycles. The van der Waals surface area contributed by atoms with Gasteiger partial charge >= 0.3 is 0 Å². The van der Waals surface area contributed by atoms with Crippen molar-refractivity contribution in [3.05, 3.63) is 18.2 Å². The number of hydrogen-bond acceptors (Lipinski definition) is 4. The van der Waals surface area contributed by atoms with Gasteiger partial charge in [0.15, 0.2) is 0 Å². The topological polar surface area (TPSA) is 87.5 Å². The lowest BCUT2D eigenvalue weighted by Crippen LogP contribution is -2.50.